The summed E-state index contributed by atoms with van der Waals surface area (Å²) in [5.74, 6) is 0.915. The van der Waals surface area contributed by atoms with E-state index in [1.54, 1.807) is 0 Å². The van der Waals surface area contributed by atoms with Crippen molar-refractivity contribution in [3.8, 4) is 0 Å². The van der Waals surface area contributed by atoms with Gasteiger partial charge in [0, 0.05) is 32.3 Å². The highest BCUT2D eigenvalue weighted by molar-refractivity contribution is 5.81. The van der Waals surface area contributed by atoms with Crippen LogP contribution >= 0.6 is 0 Å². The van der Waals surface area contributed by atoms with Crippen molar-refractivity contribution in [3.63, 3.8) is 0 Å². The van der Waals surface area contributed by atoms with Crippen molar-refractivity contribution in [2.75, 3.05) is 13.1 Å². The van der Waals surface area contributed by atoms with Gasteiger partial charge in [0.05, 0.1) is 12.2 Å². The largest absolute Gasteiger partial charge is 0.356 e. The van der Waals surface area contributed by atoms with Crippen LogP contribution in [0.5, 0.6) is 0 Å². The molecule has 1 aromatic heterocycles. The van der Waals surface area contributed by atoms with E-state index in [-0.39, 0.29) is 0 Å². The van der Waals surface area contributed by atoms with Crippen LogP contribution in [0.25, 0.3) is 0 Å². The smallest absolute Gasteiger partial charge is 0.191 e. The van der Waals surface area contributed by atoms with E-state index in [4.69, 9.17) is 0 Å². The zero-order valence-electron chi connectivity index (χ0n) is 9.20. The number of aliphatic imine (C=N–C) groups is 1. The van der Waals surface area contributed by atoms with Crippen LogP contribution in [0.1, 0.15) is 12.6 Å². The summed E-state index contributed by atoms with van der Waals surface area (Å²) in [5.41, 5.74) is 1.11. The fourth-order valence-electron chi connectivity index (χ4n) is 1.57. The Morgan fingerprint density at radius 1 is 1.67 bits per heavy atom. The molecule has 0 aliphatic carbocycles. The topological polar surface area (TPSA) is 54.2 Å². The summed E-state index contributed by atoms with van der Waals surface area (Å²) in [5, 5.41) is 10.8. The molecule has 2 N–H and O–H groups in total. The van der Waals surface area contributed by atoms with Gasteiger partial charge in [0.15, 0.2) is 5.96 Å². The van der Waals surface area contributed by atoms with E-state index in [0.717, 1.165) is 31.2 Å². The number of hydrogen-bond donors (Lipinski definition) is 2. The van der Waals surface area contributed by atoms with Gasteiger partial charge in [0.25, 0.3) is 0 Å². The number of guanidine groups is 1. The second kappa shape index (κ2) is 4.33. The summed E-state index contributed by atoms with van der Waals surface area (Å²) >= 11 is 0. The van der Waals surface area contributed by atoms with Crippen molar-refractivity contribution >= 4 is 5.96 Å². The Hall–Kier alpha value is -1.52. The SMILES string of the molecule is CC1CN=C(NCCc2ccn(C)n2)N1. The van der Waals surface area contributed by atoms with Gasteiger partial charge in [-0.2, -0.15) is 5.10 Å². The maximum absolute atomic E-state index is 4.32. The summed E-state index contributed by atoms with van der Waals surface area (Å²) in [7, 11) is 1.93. The van der Waals surface area contributed by atoms with Gasteiger partial charge < -0.3 is 10.6 Å². The lowest BCUT2D eigenvalue weighted by atomic mass is 10.3. The molecule has 5 heteroatoms. The molecule has 0 bridgehead atoms. The predicted octanol–water partition coefficient (Wildman–Crippen LogP) is -0.100. The molecule has 82 valence electrons. The first-order valence-electron chi connectivity index (χ1n) is 5.27. The van der Waals surface area contributed by atoms with Gasteiger partial charge in [0.2, 0.25) is 0 Å². The molecule has 2 rings (SSSR count). The molecule has 1 aliphatic rings. The van der Waals surface area contributed by atoms with E-state index >= 15 is 0 Å². The third-order valence-electron chi connectivity index (χ3n) is 2.35. The normalized spacial score (nSPS) is 19.9. The lowest BCUT2D eigenvalue weighted by molar-refractivity contribution is 0.705. The van der Waals surface area contributed by atoms with Crippen LogP contribution in [0, 0.1) is 0 Å². The van der Waals surface area contributed by atoms with Crippen molar-refractivity contribution in [2.45, 2.75) is 19.4 Å². The van der Waals surface area contributed by atoms with E-state index in [2.05, 4.69) is 27.6 Å². The lowest BCUT2D eigenvalue weighted by Crippen LogP contribution is -2.38. The van der Waals surface area contributed by atoms with Crippen LogP contribution in [0.2, 0.25) is 0 Å². The summed E-state index contributed by atoms with van der Waals surface area (Å²) in [6.45, 7) is 3.86. The highest BCUT2D eigenvalue weighted by Gasteiger charge is 2.11. The summed E-state index contributed by atoms with van der Waals surface area (Å²) in [6.07, 6.45) is 2.89. The molecule has 2 heterocycles. The Bertz CT molecular complexity index is 354. The Balaban J connectivity index is 1.71. The second-order valence-corrected chi connectivity index (χ2v) is 3.89. The standard InChI is InChI=1S/C10H17N5/c1-8-7-12-10(13-8)11-5-3-9-4-6-15(2)14-9/h4,6,8H,3,5,7H2,1-2H3,(H2,11,12,13). The quantitative estimate of drug-likeness (QED) is 0.727. The average molecular weight is 207 g/mol. The fraction of sp³-hybridized carbons (Fsp3) is 0.600. The van der Waals surface area contributed by atoms with E-state index in [0.29, 0.717) is 6.04 Å². The number of rotatable bonds is 3. The van der Waals surface area contributed by atoms with Crippen LogP contribution < -0.4 is 10.6 Å². The highest BCUT2D eigenvalue weighted by Crippen LogP contribution is 1.95. The van der Waals surface area contributed by atoms with Gasteiger partial charge in [-0.1, -0.05) is 0 Å². The van der Waals surface area contributed by atoms with Crippen LogP contribution in [0.4, 0.5) is 0 Å². The molecular formula is C10H17N5. The third-order valence-corrected chi connectivity index (χ3v) is 2.35. The van der Waals surface area contributed by atoms with Crippen molar-refractivity contribution < 1.29 is 0 Å². The number of hydrogen-bond acceptors (Lipinski definition) is 4. The molecule has 5 nitrogen and oxygen atoms in total. The second-order valence-electron chi connectivity index (χ2n) is 3.89. The zero-order chi connectivity index (χ0) is 10.7. The summed E-state index contributed by atoms with van der Waals surface area (Å²) in [6, 6.07) is 2.50. The van der Waals surface area contributed by atoms with Crippen molar-refractivity contribution in [2.24, 2.45) is 12.0 Å². The molecular weight excluding hydrogens is 190 g/mol. The Morgan fingerprint density at radius 2 is 2.53 bits per heavy atom. The third kappa shape index (κ3) is 2.71. The first kappa shape index (κ1) is 10.0. The maximum Gasteiger partial charge on any atom is 0.191 e. The van der Waals surface area contributed by atoms with Gasteiger partial charge in [-0.05, 0) is 13.0 Å². The first-order valence-corrected chi connectivity index (χ1v) is 5.27. The molecule has 1 atom stereocenters. The molecule has 0 radical (unpaired) electrons. The number of aromatic nitrogens is 2. The summed E-state index contributed by atoms with van der Waals surface area (Å²) in [4.78, 5) is 4.32. The molecule has 1 aromatic rings. The number of nitrogens with zero attached hydrogens (tertiary/aromatic N) is 3. The van der Waals surface area contributed by atoms with E-state index < -0.39 is 0 Å². The Morgan fingerprint density at radius 3 is 3.13 bits per heavy atom. The molecule has 0 saturated heterocycles. The van der Waals surface area contributed by atoms with Crippen molar-refractivity contribution in [1.82, 2.24) is 20.4 Å². The molecule has 1 aliphatic heterocycles. The predicted molar refractivity (Wildman–Crippen MR) is 59.8 cm³/mol. The number of aryl methyl sites for hydroxylation is 1. The van der Waals surface area contributed by atoms with Crippen LogP contribution in [0.15, 0.2) is 17.3 Å². The summed E-state index contributed by atoms with van der Waals surface area (Å²) < 4.78 is 1.82. The zero-order valence-corrected chi connectivity index (χ0v) is 9.20. The molecule has 0 amide bonds. The Labute approximate surface area is 89.6 Å². The Kier molecular flexibility index (Phi) is 2.89. The van der Waals surface area contributed by atoms with Gasteiger partial charge in [-0.3, -0.25) is 9.67 Å². The van der Waals surface area contributed by atoms with Gasteiger partial charge in [-0.25, -0.2) is 0 Å². The van der Waals surface area contributed by atoms with E-state index in [9.17, 15) is 0 Å². The van der Waals surface area contributed by atoms with Gasteiger partial charge >= 0.3 is 0 Å². The van der Waals surface area contributed by atoms with Crippen molar-refractivity contribution in [3.05, 3.63) is 18.0 Å². The molecule has 0 spiro atoms. The van der Waals surface area contributed by atoms with Crippen LogP contribution in [0.3, 0.4) is 0 Å². The van der Waals surface area contributed by atoms with Crippen LogP contribution in [-0.2, 0) is 13.5 Å². The molecule has 0 aromatic carbocycles. The number of nitrogens with one attached hydrogen (secondary N) is 2. The van der Waals surface area contributed by atoms with Gasteiger partial charge in [-0.15, -0.1) is 0 Å². The molecule has 0 fully saturated rings. The van der Waals surface area contributed by atoms with Crippen LogP contribution in [-0.4, -0.2) is 34.9 Å². The molecule has 0 saturated carbocycles. The molecule has 15 heavy (non-hydrogen) atoms. The van der Waals surface area contributed by atoms with Crippen molar-refractivity contribution in [1.29, 1.82) is 0 Å². The minimum atomic E-state index is 0.461. The van der Waals surface area contributed by atoms with Gasteiger partial charge in [0.1, 0.15) is 0 Å². The van der Waals surface area contributed by atoms with E-state index in [1.807, 2.05) is 24.0 Å². The molecule has 1 unspecified atom stereocenters. The first-order chi connectivity index (χ1) is 7.24. The monoisotopic (exact) mass is 207 g/mol. The fourth-order valence-corrected chi connectivity index (χ4v) is 1.57. The van der Waals surface area contributed by atoms with E-state index in [1.165, 1.54) is 0 Å². The average Bonchev–Trinajstić information content (AvgIpc) is 2.76. The lowest BCUT2D eigenvalue weighted by Gasteiger charge is -2.07. The maximum atomic E-state index is 4.32. The minimum absolute atomic E-state index is 0.461. The highest BCUT2D eigenvalue weighted by atomic mass is 15.3. The minimum Gasteiger partial charge on any atom is -0.356 e.